The molecule has 0 bridgehead atoms. The number of alkyl halides is 3. The topological polar surface area (TPSA) is 148 Å². The van der Waals surface area contributed by atoms with Crippen molar-refractivity contribution in [1.82, 2.24) is 10.6 Å². The molecule has 0 saturated carbocycles. The first-order chi connectivity index (χ1) is 18.7. The molecule has 0 aliphatic rings. The number of nitrogens with two attached hydrogens (primary N) is 1. The number of aryl methyl sites for hydroxylation is 1. The summed E-state index contributed by atoms with van der Waals surface area (Å²) in [5.74, 6) is -3.97. The molecule has 5 N–H and O–H groups in total. The van der Waals surface area contributed by atoms with Gasteiger partial charge < -0.3 is 26.2 Å². The van der Waals surface area contributed by atoms with Crippen LogP contribution in [0.25, 0.3) is 0 Å². The minimum Gasteiger partial charge on any atom is -0.475 e. The van der Waals surface area contributed by atoms with Gasteiger partial charge in [-0.3, -0.25) is 9.59 Å². The second kappa shape index (κ2) is 16.9. The SMILES string of the molecule is COC(=O)[C@H](Cc1ccccc1)NC(=O)[C@H](CC(C)C)NC(=O)[C@H](N)CCc1ccccc1.O=C(O)C(F)(F)F. The zero-order valence-corrected chi connectivity index (χ0v) is 22.6. The lowest BCUT2D eigenvalue weighted by Gasteiger charge is -2.24. The predicted octanol–water partition coefficient (Wildman–Crippen LogP) is 3.01. The molecular formula is C28H36F3N3O6. The molecule has 2 aromatic rings. The largest absolute Gasteiger partial charge is 0.490 e. The van der Waals surface area contributed by atoms with Gasteiger partial charge in [0.25, 0.3) is 0 Å². The molecule has 220 valence electrons. The lowest BCUT2D eigenvalue weighted by Crippen LogP contribution is -2.55. The maximum absolute atomic E-state index is 13.1. The molecule has 0 unspecified atom stereocenters. The number of hydrogen-bond acceptors (Lipinski definition) is 6. The highest BCUT2D eigenvalue weighted by Gasteiger charge is 2.38. The fraction of sp³-hybridized carbons (Fsp3) is 0.429. The van der Waals surface area contributed by atoms with Gasteiger partial charge in [0.05, 0.1) is 13.2 Å². The third-order valence-electron chi connectivity index (χ3n) is 5.59. The maximum Gasteiger partial charge on any atom is 0.490 e. The molecule has 0 heterocycles. The Bertz CT molecular complexity index is 1080. The lowest BCUT2D eigenvalue weighted by atomic mass is 10.00. The Morgan fingerprint density at radius 1 is 0.875 bits per heavy atom. The van der Waals surface area contributed by atoms with Crippen LogP contribution in [-0.4, -0.2) is 60.3 Å². The van der Waals surface area contributed by atoms with Crippen LogP contribution < -0.4 is 16.4 Å². The van der Waals surface area contributed by atoms with Crippen molar-refractivity contribution in [2.45, 2.75) is 63.8 Å². The first-order valence-corrected chi connectivity index (χ1v) is 12.6. The molecule has 0 aliphatic heterocycles. The number of nitrogens with one attached hydrogen (secondary N) is 2. The zero-order chi connectivity index (χ0) is 30.3. The molecule has 2 amide bonds. The number of amides is 2. The minimum absolute atomic E-state index is 0.146. The van der Waals surface area contributed by atoms with Crippen LogP contribution in [-0.2, 0) is 36.8 Å². The lowest BCUT2D eigenvalue weighted by molar-refractivity contribution is -0.192. The standard InChI is InChI=1S/C26H35N3O4.C2HF3O2/c1-18(2)16-22(28-24(30)21(27)15-14-19-10-6-4-7-11-19)25(31)29-23(26(32)33-3)17-20-12-8-5-9-13-20;3-2(4,5)1(6)7/h4-13,18,21-23H,14-17,27H2,1-3H3,(H,28,30)(H,29,31);(H,6,7)/t21-,22+,23+;/m1./s1. The monoisotopic (exact) mass is 567 g/mol. The van der Waals surface area contributed by atoms with Crippen LogP contribution in [0.3, 0.4) is 0 Å². The van der Waals surface area contributed by atoms with Crippen LogP contribution in [0.5, 0.6) is 0 Å². The van der Waals surface area contributed by atoms with Gasteiger partial charge in [-0.1, -0.05) is 74.5 Å². The van der Waals surface area contributed by atoms with E-state index >= 15 is 0 Å². The predicted molar refractivity (Wildman–Crippen MR) is 142 cm³/mol. The number of ether oxygens (including phenoxy) is 1. The van der Waals surface area contributed by atoms with E-state index in [1.54, 1.807) is 0 Å². The van der Waals surface area contributed by atoms with Gasteiger partial charge in [0.2, 0.25) is 11.8 Å². The quantitative estimate of drug-likeness (QED) is 0.288. The summed E-state index contributed by atoms with van der Waals surface area (Å²) in [6.45, 7) is 3.92. The second-order valence-corrected chi connectivity index (χ2v) is 9.40. The van der Waals surface area contributed by atoms with Crippen molar-refractivity contribution in [3.63, 3.8) is 0 Å². The molecule has 2 rings (SSSR count). The van der Waals surface area contributed by atoms with Crippen LogP contribution in [0.4, 0.5) is 13.2 Å². The maximum atomic E-state index is 13.1. The van der Waals surface area contributed by atoms with Crippen molar-refractivity contribution >= 4 is 23.8 Å². The van der Waals surface area contributed by atoms with Gasteiger partial charge in [-0.15, -0.1) is 0 Å². The molecule has 0 aromatic heterocycles. The van der Waals surface area contributed by atoms with E-state index < -0.39 is 42.1 Å². The average molecular weight is 568 g/mol. The van der Waals surface area contributed by atoms with E-state index in [9.17, 15) is 27.6 Å². The van der Waals surface area contributed by atoms with Gasteiger partial charge >= 0.3 is 18.1 Å². The van der Waals surface area contributed by atoms with E-state index in [2.05, 4.69) is 10.6 Å². The Balaban J connectivity index is 0.00000101. The Hall–Kier alpha value is -3.93. The van der Waals surface area contributed by atoms with E-state index in [1.807, 2.05) is 74.5 Å². The Morgan fingerprint density at radius 2 is 1.35 bits per heavy atom. The molecule has 0 fully saturated rings. The summed E-state index contributed by atoms with van der Waals surface area (Å²) in [6.07, 6.45) is -3.25. The van der Waals surface area contributed by atoms with Crippen LogP contribution >= 0.6 is 0 Å². The van der Waals surface area contributed by atoms with Gasteiger partial charge in [0.1, 0.15) is 12.1 Å². The van der Waals surface area contributed by atoms with Crippen molar-refractivity contribution in [3.8, 4) is 0 Å². The molecule has 12 heteroatoms. The summed E-state index contributed by atoms with van der Waals surface area (Å²) in [7, 11) is 1.28. The van der Waals surface area contributed by atoms with Crippen LogP contribution in [0, 0.1) is 5.92 Å². The van der Waals surface area contributed by atoms with Gasteiger partial charge in [-0.25, -0.2) is 9.59 Å². The average Bonchev–Trinajstić information content (AvgIpc) is 2.91. The molecule has 9 nitrogen and oxygen atoms in total. The molecule has 0 spiro atoms. The molecule has 0 aliphatic carbocycles. The molecule has 3 atom stereocenters. The van der Waals surface area contributed by atoms with E-state index in [1.165, 1.54) is 7.11 Å². The van der Waals surface area contributed by atoms with Gasteiger partial charge in [-0.2, -0.15) is 13.2 Å². The normalized spacial score (nSPS) is 13.2. The number of benzene rings is 2. The van der Waals surface area contributed by atoms with Crippen molar-refractivity contribution < 1.29 is 42.2 Å². The molecule has 2 aromatic carbocycles. The van der Waals surface area contributed by atoms with Crippen molar-refractivity contribution in [2.24, 2.45) is 11.7 Å². The smallest absolute Gasteiger partial charge is 0.475 e. The van der Waals surface area contributed by atoms with Crippen LogP contribution in [0.2, 0.25) is 0 Å². The number of aliphatic carboxylic acids is 1. The van der Waals surface area contributed by atoms with Crippen LogP contribution in [0.15, 0.2) is 60.7 Å². The highest BCUT2D eigenvalue weighted by Crippen LogP contribution is 2.13. The number of rotatable bonds is 12. The van der Waals surface area contributed by atoms with Gasteiger partial charge in [-0.05, 0) is 36.3 Å². The van der Waals surface area contributed by atoms with E-state index in [4.69, 9.17) is 20.4 Å². The summed E-state index contributed by atoms with van der Waals surface area (Å²) in [6, 6.07) is 16.7. The van der Waals surface area contributed by atoms with E-state index in [0.29, 0.717) is 19.3 Å². The summed E-state index contributed by atoms with van der Waals surface area (Å²) >= 11 is 0. The molecule has 0 saturated heterocycles. The first kappa shape index (κ1) is 34.1. The van der Waals surface area contributed by atoms with Gasteiger partial charge in [0.15, 0.2) is 0 Å². The van der Waals surface area contributed by atoms with E-state index in [0.717, 1.165) is 11.1 Å². The number of carbonyl (C=O) groups excluding carboxylic acids is 3. The number of carboxylic acid groups (broad SMARTS) is 1. The number of hydrogen-bond donors (Lipinski definition) is 4. The number of esters is 1. The van der Waals surface area contributed by atoms with Crippen molar-refractivity contribution in [3.05, 3.63) is 71.8 Å². The Kier molecular flexibility index (Phi) is 14.4. The zero-order valence-electron chi connectivity index (χ0n) is 22.6. The number of halogens is 3. The fourth-order valence-electron chi connectivity index (χ4n) is 3.54. The molecule has 0 radical (unpaired) electrons. The highest BCUT2D eigenvalue weighted by molar-refractivity contribution is 5.92. The third kappa shape index (κ3) is 13.2. The van der Waals surface area contributed by atoms with Crippen molar-refractivity contribution in [2.75, 3.05) is 7.11 Å². The van der Waals surface area contributed by atoms with E-state index in [-0.39, 0.29) is 18.2 Å². The molecular weight excluding hydrogens is 531 g/mol. The number of carboxylic acids is 1. The minimum atomic E-state index is -5.08. The van der Waals surface area contributed by atoms with Crippen molar-refractivity contribution in [1.29, 1.82) is 0 Å². The summed E-state index contributed by atoms with van der Waals surface area (Å²) in [5.41, 5.74) is 8.09. The molecule has 40 heavy (non-hydrogen) atoms. The van der Waals surface area contributed by atoms with Gasteiger partial charge in [0, 0.05) is 6.42 Å². The Morgan fingerprint density at radius 3 is 1.80 bits per heavy atom. The number of carbonyl (C=O) groups is 4. The Labute approximate surface area is 231 Å². The summed E-state index contributed by atoms with van der Waals surface area (Å²) < 4.78 is 36.6. The summed E-state index contributed by atoms with van der Waals surface area (Å²) in [5, 5.41) is 12.7. The number of methoxy groups -OCH3 is 1. The summed E-state index contributed by atoms with van der Waals surface area (Å²) in [4.78, 5) is 47.0. The first-order valence-electron chi connectivity index (χ1n) is 12.6. The fourth-order valence-corrected chi connectivity index (χ4v) is 3.54. The van der Waals surface area contributed by atoms with Crippen LogP contribution in [0.1, 0.15) is 37.8 Å². The second-order valence-electron chi connectivity index (χ2n) is 9.40. The highest BCUT2D eigenvalue weighted by atomic mass is 19.4. The third-order valence-corrected chi connectivity index (χ3v) is 5.59.